The van der Waals surface area contributed by atoms with E-state index >= 15 is 0 Å². The zero-order chi connectivity index (χ0) is 13.9. The maximum atomic E-state index is 6.39. The number of hydrogen-bond acceptors (Lipinski definition) is 4. The lowest BCUT2D eigenvalue weighted by molar-refractivity contribution is 0.404. The molecular weight excluding hydrogens is 250 g/mol. The average molecular weight is 265 g/mol. The molecule has 0 fully saturated rings. The summed E-state index contributed by atoms with van der Waals surface area (Å²) in [5.74, 6) is 0.695. The van der Waals surface area contributed by atoms with Crippen molar-refractivity contribution in [1.82, 2.24) is 9.97 Å². The minimum absolute atomic E-state index is 0.348. The van der Waals surface area contributed by atoms with Gasteiger partial charge in [-0.05, 0) is 29.8 Å². The first-order chi connectivity index (χ1) is 9.81. The third-order valence-corrected chi connectivity index (χ3v) is 3.33. The standard InChI is InChI=1S/C16H15N3O/c1-20-14-8-4-10-19-16(14)15(17)12-5-2-7-13-11(12)6-3-9-18-13/h2-10,15H,17H2,1H3. The molecular formula is C16H15N3O. The van der Waals surface area contributed by atoms with Gasteiger partial charge in [-0.1, -0.05) is 18.2 Å². The fourth-order valence-corrected chi connectivity index (χ4v) is 2.35. The zero-order valence-corrected chi connectivity index (χ0v) is 11.2. The van der Waals surface area contributed by atoms with E-state index in [0.29, 0.717) is 5.75 Å². The van der Waals surface area contributed by atoms with Crippen molar-refractivity contribution in [1.29, 1.82) is 0 Å². The summed E-state index contributed by atoms with van der Waals surface area (Å²) in [5, 5.41) is 1.04. The van der Waals surface area contributed by atoms with Gasteiger partial charge in [-0.15, -0.1) is 0 Å². The van der Waals surface area contributed by atoms with Crippen LogP contribution in [0, 0.1) is 0 Å². The molecule has 2 heterocycles. The van der Waals surface area contributed by atoms with Crippen LogP contribution < -0.4 is 10.5 Å². The largest absolute Gasteiger partial charge is 0.495 e. The highest BCUT2D eigenvalue weighted by atomic mass is 16.5. The van der Waals surface area contributed by atoms with E-state index in [1.54, 1.807) is 19.5 Å². The Kier molecular flexibility index (Phi) is 3.31. The lowest BCUT2D eigenvalue weighted by Crippen LogP contribution is -2.15. The SMILES string of the molecule is COc1cccnc1C(N)c1cccc2ncccc12. The summed E-state index contributed by atoms with van der Waals surface area (Å²) in [6, 6.07) is 13.2. The lowest BCUT2D eigenvalue weighted by atomic mass is 9.98. The van der Waals surface area contributed by atoms with Gasteiger partial charge in [0.1, 0.15) is 11.4 Å². The summed E-state index contributed by atoms with van der Waals surface area (Å²) >= 11 is 0. The topological polar surface area (TPSA) is 61.0 Å². The van der Waals surface area contributed by atoms with Gasteiger partial charge in [-0.3, -0.25) is 9.97 Å². The molecule has 1 atom stereocenters. The van der Waals surface area contributed by atoms with E-state index in [4.69, 9.17) is 10.5 Å². The summed E-state index contributed by atoms with van der Waals surface area (Å²) in [5.41, 5.74) is 9.04. The Morgan fingerprint density at radius 1 is 1.00 bits per heavy atom. The van der Waals surface area contributed by atoms with Gasteiger partial charge in [0.25, 0.3) is 0 Å². The van der Waals surface area contributed by atoms with E-state index < -0.39 is 0 Å². The number of pyridine rings is 2. The predicted molar refractivity (Wildman–Crippen MR) is 78.6 cm³/mol. The van der Waals surface area contributed by atoms with Gasteiger partial charge in [0, 0.05) is 17.8 Å². The predicted octanol–water partition coefficient (Wildman–Crippen LogP) is 2.69. The van der Waals surface area contributed by atoms with Crippen molar-refractivity contribution in [2.24, 2.45) is 5.73 Å². The quantitative estimate of drug-likeness (QED) is 0.791. The summed E-state index contributed by atoms with van der Waals surface area (Å²) in [7, 11) is 1.62. The molecule has 0 spiro atoms. The van der Waals surface area contributed by atoms with Gasteiger partial charge in [-0.25, -0.2) is 0 Å². The molecule has 2 aromatic heterocycles. The summed E-state index contributed by atoms with van der Waals surface area (Å²) in [6.07, 6.45) is 3.50. The maximum Gasteiger partial charge on any atom is 0.142 e. The number of benzene rings is 1. The van der Waals surface area contributed by atoms with Gasteiger partial charge in [0.15, 0.2) is 0 Å². The van der Waals surface area contributed by atoms with Crippen LogP contribution in [0.25, 0.3) is 10.9 Å². The first-order valence-electron chi connectivity index (χ1n) is 6.39. The molecule has 4 nitrogen and oxygen atoms in total. The van der Waals surface area contributed by atoms with Gasteiger partial charge in [0.05, 0.1) is 18.7 Å². The van der Waals surface area contributed by atoms with Crippen LogP contribution in [-0.2, 0) is 0 Å². The minimum atomic E-state index is -0.348. The maximum absolute atomic E-state index is 6.39. The van der Waals surface area contributed by atoms with Gasteiger partial charge in [-0.2, -0.15) is 0 Å². The van der Waals surface area contributed by atoms with Crippen LogP contribution in [0.4, 0.5) is 0 Å². The fraction of sp³-hybridized carbons (Fsp3) is 0.125. The number of hydrogen-bond donors (Lipinski definition) is 1. The number of rotatable bonds is 3. The second-order valence-corrected chi connectivity index (χ2v) is 4.49. The van der Waals surface area contributed by atoms with Gasteiger partial charge in [0.2, 0.25) is 0 Å². The molecule has 20 heavy (non-hydrogen) atoms. The number of methoxy groups -OCH3 is 1. The van der Waals surface area contributed by atoms with E-state index in [0.717, 1.165) is 22.2 Å². The van der Waals surface area contributed by atoms with Crippen molar-refractivity contribution in [2.45, 2.75) is 6.04 Å². The van der Waals surface area contributed by atoms with E-state index in [2.05, 4.69) is 9.97 Å². The summed E-state index contributed by atoms with van der Waals surface area (Å²) in [4.78, 5) is 8.72. The third-order valence-electron chi connectivity index (χ3n) is 3.33. The highest BCUT2D eigenvalue weighted by molar-refractivity contribution is 5.82. The Morgan fingerprint density at radius 3 is 2.65 bits per heavy atom. The monoisotopic (exact) mass is 265 g/mol. The van der Waals surface area contributed by atoms with Crippen LogP contribution in [0.3, 0.4) is 0 Å². The molecule has 1 aromatic carbocycles. The zero-order valence-electron chi connectivity index (χ0n) is 11.2. The molecule has 0 aliphatic carbocycles. The van der Waals surface area contributed by atoms with Crippen LogP contribution in [-0.4, -0.2) is 17.1 Å². The van der Waals surface area contributed by atoms with Crippen LogP contribution in [0.2, 0.25) is 0 Å². The summed E-state index contributed by atoms with van der Waals surface area (Å²) in [6.45, 7) is 0. The molecule has 4 heteroatoms. The second kappa shape index (κ2) is 5.27. The van der Waals surface area contributed by atoms with Crippen LogP contribution in [0.5, 0.6) is 5.75 Å². The molecule has 0 bridgehead atoms. The second-order valence-electron chi connectivity index (χ2n) is 4.49. The first-order valence-corrected chi connectivity index (χ1v) is 6.39. The summed E-state index contributed by atoms with van der Waals surface area (Å²) < 4.78 is 5.34. The molecule has 0 saturated heterocycles. The molecule has 100 valence electrons. The number of fused-ring (bicyclic) bond motifs is 1. The van der Waals surface area contributed by atoms with Crippen molar-refractivity contribution in [3.05, 3.63) is 66.1 Å². The molecule has 0 aliphatic heterocycles. The average Bonchev–Trinajstić information content (AvgIpc) is 2.53. The molecule has 0 aliphatic rings. The van der Waals surface area contributed by atoms with E-state index in [-0.39, 0.29) is 6.04 Å². The lowest BCUT2D eigenvalue weighted by Gasteiger charge is -2.16. The highest BCUT2D eigenvalue weighted by Crippen LogP contribution is 2.29. The van der Waals surface area contributed by atoms with Crippen molar-refractivity contribution < 1.29 is 4.74 Å². The van der Waals surface area contributed by atoms with Crippen molar-refractivity contribution >= 4 is 10.9 Å². The molecule has 2 N–H and O–H groups in total. The van der Waals surface area contributed by atoms with Gasteiger partial charge < -0.3 is 10.5 Å². The number of nitrogens with two attached hydrogens (primary N) is 1. The molecule has 0 saturated carbocycles. The van der Waals surface area contributed by atoms with Crippen molar-refractivity contribution in [3.8, 4) is 5.75 Å². The Morgan fingerprint density at radius 2 is 1.80 bits per heavy atom. The van der Waals surface area contributed by atoms with E-state index in [1.807, 2.05) is 42.5 Å². The number of ether oxygens (including phenoxy) is 1. The smallest absolute Gasteiger partial charge is 0.142 e. The number of aromatic nitrogens is 2. The Bertz CT molecular complexity index is 737. The molecule has 3 aromatic rings. The molecule has 3 rings (SSSR count). The molecule has 0 radical (unpaired) electrons. The third kappa shape index (κ3) is 2.10. The number of nitrogens with zero attached hydrogens (tertiary/aromatic N) is 2. The van der Waals surface area contributed by atoms with Crippen molar-refractivity contribution in [3.63, 3.8) is 0 Å². The fourth-order valence-electron chi connectivity index (χ4n) is 2.35. The first kappa shape index (κ1) is 12.6. The minimum Gasteiger partial charge on any atom is -0.495 e. The van der Waals surface area contributed by atoms with E-state index in [9.17, 15) is 0 Å². The highest BCUT2D eigenvalue weighted by Gasteiger charge is 2.17. The molecule has 0 amide bonds. The Hall–Kier alpha value is -2.46. The van der Waals surface area contributed by atoms with Crippen LogP contribution in [0.1, 0.15) is 17.3 Å². The van der Waals surface area contributed by atoms with Crippen LogP contribution >= 0.6 is 0 Å². The molecule has 1 unspecified atom stereocenters. The van der Waals surface area contributed by atoms with Gasteiger partial charge >= 0.3 is 0 Å². The Balaban J connectivity index is 2.15. The van der Waals surface area contributed by atoms with Crippen LogP contribution in [0.15, 0.2) is 54.9 Å². The van der Waals surface area contributed by atoms with E-state index in [1.165, 1.54) is 0 Å². The normalized spacial score (nSPS) is 12.3. The Labute approximate surface area is 117 Å². The van der Waals surface area contributed by atoms with Crippen molar-refractivity contribution in [2.75, 3.05) is 7.11 Å².